The minimum absolute atomic E-state index is 0. The number of nitrogens with one attached hydrogen (secondary N) is 2. The van der Waals surface area contributed by atoms with Crippen LogP contribution >= 0.6 is 11.3 Å². The highest BCUT2D eigenvalue weighted by Gasteiger charge is 2.02. The highest BCUT2D eigenvalue weighted by Crippen LogP contribution is 2.16. The predicted molar refractivity (Wildman–Crippen MR) is 109 cm³/mol. The Labute approximate surface area is 153 Å². The van der Waals surface area contributed by atoms with Crippen LogP contribution in [0.4, 0.5) is 4.79 Å². The van der Waals surface area contributed by atoms with Crippen molar-refractivity contribution in [2.24, 2.45) is 0 Å². The van der Waals surface area contributed by atoms with E-state index in [0.29, 0.717) is 13.1 Å². The van der Waals surface area contributed by atoms with Crippen molar-refractivity contribution in [1.29, 1.82) is 0 Å². The molecule has 24 heavy (non-hydrogen) atoms. The molecule has 0 unspecified atom stereocenters. The van der Waals surface area contributed by atoms with Gasteiger partial charge in [0.2, 0.25) is 0 Å². The van der Waals surface area contributed by atoms with Crippen LogP contribution in [-0.4, -0.2) is 12.6 Å². The molecule has 1 aromatic carbocycles. The van der Waals surface area contributed by atoms with Gasteiger partial charge in [0, 0.05) is 25.7 Å². The van der Waals surface area contributed by atoms with Gasteiger partial charge in [0.15, 0.2) is 0 Å². The molecule has 0 saturated heterocycles. The number of benzene rings is 1. The number of carbonyl (C=O) groups excluding carboxylic acids is 1. The van der Waals surface area contributed by atoms with Gasteiger partial charge in [-0.25, -0.2) is 4.79 Å². The monoisotopic (exact) mass is 350 g/mol. The van der Waals surface area contributed by atoms with Crippen molar-refractivity contribution < 1.29 is 7.65 Å². The molecule has 2 N–H and O–H groups in total. The molecule has 2 aromatic rings. The number of thiophene rings is 1. The zero-order valence-electron chi connectivity index (χ0n) is 15.5. The molecule has 0 aliphatic carbocycles. The molecule has 0 bridgehead atoms. The molecule has 2 rings (SSSR count). The average molecular weight is 351 g/mol. The van der Waals surface area contributed by atoms with E-state index in [1.54, 1.807) is 0 Å². The summed E-state index contributed by atoms with van der Waals surface area (Å²) >= 11 is 1.83. The molecule has 3 nitrogen and oxygen atoms in total. The van der Waals surface area contributed by atoms with Gasteiger partial charge in [0.1, 0.15) is 0 Å². The smallest absolute Gasteiger partial charge is 0.315 e. The van der Waals surface area contributed by atoms with Crippen molar-refractivity contribution in [1.82, 2.24) is 10.6 Å². The quantitative estimate of drug-likeness (QED) is 0.652. The highest BCUT2D eigenvalue weighted by molar-refractivity contribution is 7.11. The molecule has 0 fully saturated rings. The molecule has 0 atom stereocenters. The predicted octanol–water partition coefficient (Wildman–Crippen LogP) is 5.62. The van der Waals surface area contributed by atoms with Gasteiger partial charge in [0.25, 0.3) is 0 Å². The van der Waals surface area contributed by atoms with Gasteiger partial charge in [-0.05, 0) is 62.4 Å². The maximum absolute atomic E-state index is 11.8. The summed E-state index contributed by atoms with van der Waals surface area (Å²) in [5.74, 6) is 0. The lowest BCUT2D eigenvalue weighted by Crippen LogP contribution is -2.35. The van der Waals surface area contributed by atoms with Crippen molar-refractivity contribution in [3.05, 3.63) is 56.8 Å². The summed E-state index contributed by atoms with van der Waals surface area (Å²) < 4.78 is 0. The lowest BCUT2D eigenvalue weighted by molar-refractivity contribution is 0.240. The first kappa shape index (κ1) is 20.2. The Morgan fingerprint density at radius 3 is 2.42 bits per heavy atom. The molecule has 1 heterocycles. The van der Waals surface area contributed by atoms with Crippen LogP contribution in [0.15, 0.2) is 30.3 Å². The van der Waals surface area contributed by atoms with Crippen LogP contribution in [0.1, 0.15) is 49.6 Å². The van der Waals surface area contributed by atoms with Crippen LogP contribution in [0.5, 0.6) is 0 Å². The molecule has 0 spiro atoms. The molecule has 0 radical (unpaired) electrons. The first-order chi connectivity index (χ1) is 11.5. The molecule has 2 amide bonds. The summed E-state index contributed by atoms with van der Waals surface area (Å²) in [5.41, 5.74) is 3.66. The largest absolute Gasteiger partial charge is 0.338 e. The summed E-state index contributed by atoms with van der Waals surface area (Å²) in [6.07, 6.45) is 1.99. The third kappa shape index (κ3) is 7.18. The Balaban J connectivity index is 0. The van der Waals surface area contributed by atoms with Gasteiger partial charge in [0.05, 0.1) is 0 Å². The molecule has 0 aliphatic heterocycles. The standard InChI is InChI=1S/C18H24N2OS.C2H6.2H2/c1-13-6-8-16(11-14(13)2)12-20-18(21)19-10-4-5-17-9-7-15(3)22-17;1-2;;/h6-9,11H,4-5,10,12H2,1-3H3,(H2,19,20,21);1-2H3;2*1H. The molecule has 0 aliphatic rings. The Bertz CT molecular complexity index is 644. The van der Waals surface area contributed by atoms with Gasteiger partial charge in [-0.15, -0.1) is 11.3 Å². The number of carbonyl (C=O) groups is 1. The van der Waals surface area contributed by atoms with E-state index in [1.807, 2.05) is 25.2 Å². The third-order valence-corrected chi connectivity index (χ3v) is 4.77. The summed E-state index contributed by atoms with van der Waals surface area (Å²) in [7, 11) is 0. The second kappa shape index (κ2) is 10.9. The minimum Gasteiger partial charge on any atom is -0.338 e. The lowest BCUT2D eigenvalue weighted by atomic mass is 10.1. The first-order valence-electron chi connectivity index (χ1n) is 8.68. The molecular weight excluding hydrogens is 316 g/mol. The van der Waals surface area contributed by atoms with Crippen LogP contribution in [0.3, 0.4) is 0 Å². The van der Waals surface area contributed by atoms with E-state index in [2.05, 4.69) is 61.7 Å². The number of amides is 2. The maximum atomic E-state index is 11.8. The van der Waals surface area contributed by atoms with E-state index in [-0.39, 0.29) is 8.88 Å². The molecule has 4 heteroatoms. The number of urea groups is 1. The summed E-state index contributed by atoms with van der Waals surface area (Å²) in [6, 6.07) is 10.5. The number of aryl methyl sites for hydroxylation is 4. The number of rotatable bonds is 6. The van der Waals surface area contributed by atoms with E-state index in [9.17, 15) is 4.79 Å². The van der Waals surface area contributed by atoms with E-state index in [4.69, 9.17) is 0 Å². The summed E-state index contributed by atoms with van der Waals surface area (Å²) in [5, 5.41) is 5.81. The Morgan fingerprint density at radius 1 is 1.04 bits per heavy atom. The molecule has 1 aromatic heterocycles. The van der Waals surface area contributed by atoms with Crippen LogP contribution in [0, 0.1) is 20.8 Å². The van der Waals surface area contributed by atoms with Crippen LogP contribution in [-0.2, 0) is 13.0 Å². The van der Waals surface area contributed by atoms with Gasteiger partial charge in [-0.3, -0.25) is 0 Å². The second-order valence-electron chi connectivity index (χ2n) is 5.64. The molecule has 136 valence electrons. The SMILES string of the molecule is CC.Cc1ccc(CCCNC(=O)NCc2ccc(C)c(C)c2)s1.[HH].[HH]. The van der Waals surface area contributed by atoms with Gasteiger partial charge >= 0.3 is 6.03 Å². The first-order valence-corrected chi connectivity index (χ1v) is 9.49. The van der Waals surface area contributed by atoms with Crippen LogP contribution < -0.4 is 10.6 Å². The second-order valence-corrected chi connectivity index (χ2v) is 7.02. The molecular formula is C20H34N2OS. The summed E-state index contributed by atoms with van der Waals surface area (Å²) in [4.78, 5) is 14.5. The van der Waals surface area contributed by atoms with Crippen molar-refractivity contribution in [2.45, 2.75) is 54.0 Å². The zero-order valence-corrected chi connectivity index (χ0v) is 16.3. The fourth-order valence-corrected chi connectivity index (χ4v) is 3.17. The Morgan fingerprint density at radius 2 is 1.79 bits per heavy atom. The van der Waals surface area contributed by atoms with Crippen molar-refractivity contribution >= 4 is 17.4 Å². The Hall–Kier alpha value is -1.81. The van der Waals surface area contributed by atoms with Crippen LogP contribution in [0.2, 0.25) is 0 Å². The molecule has 0 saturated carbocycles. The van der Waals surface area contributed by atoms with Crippen LogP contribution in [0.25, 0.3) is 0 Å². The van der Waals surface area contributed by atoms with Gasteiger partial charge in [-0.2, -0.15) is 0 Å². The highest BCUT2D eigenvalue weighted by atomic mass is 32.1. The van der Waals surface area contributed by atoms with Crippen molar-refractivity contribution in [3.63, 3.8) is 0 Å². The van der Waals surface area contributed by atoms with Gasteiger partial charge < -0.3 is 10.6 Å². The average Bonchev–Trinajstić information content (AvgIpc) is 3.00. The third-order valence-electron chi connectivity index (χ3n) is 3.71. The number of hydrogen-bond acceptors (Lipinski definition) is 2. The Kier molecular flexibility index (Phi) is 9.16. The lowest BCUT2D eigenvalue weighted by Gasteiger charge is -2.09. The van der Waals surface area contributed by atoms with E-state index < -0.39 is 0 Å². The number of hydrogen-bond donors (Lipinski definition) is 2. The van der Waals surface area contributed by atoms with E-state index >= 15 is 0 Å². The fourth-order valence-electron chi connectivity index (χ4n) is 2.24. The van der Waals surface area contributed by atoms with Crippen molar-refractivity contribution in [2.75, 3.05) is 6.54 Å². The normalized spacial score (nSPS) is 9.88. The zero-order chi connectivity index (χ0) is 17.9. The van der Waals surface area contributed by atoms with Crippen molar-refractivity contribution in [3.8, 4) is 0 Å². The fraction of sp³-hybridized carbons (Fsp3) is 0.450. The minimum atomic E-state index is -0.0967. The topological polar surface area (TPSA) is 41.1 Å². The maximum Gasteiger partial charge on any atom is 0.315 e. The summed E-state index contributed by atoms with van der Waals surface area (Å²) in [6.45, 7) is 11.6. The van der Waals surface area contributed by atoms with E-state index in [1.165, 1.54) is 20.9 Å². The van der Waals surface area contributed by atoms with Gasteiger partial charge in [-0.1, -0.05) is 32.0 Å². The van der Waals surface area contributed by atoms with E-state index in [0.717, 1.165) is 18.4 Å².